The van der Waals surface area contributed by atoms with Gasteiger partial charge in [0, 0.05) is 43.2 Å². The third-order valence-electron chi connectivity index (χ3n) is 6.96. The smallest absolute Gasteiger partial charge is 0.319 e. The van der Waals surface area contributed by atoms with Crippen LogP contribution in [0.1, 0.15) is 31.9 Å². The number of sulfone groups is 1. The van der Waals surface area contributed by atoms with Crippen molar-refractivity contribution in [2.24, 2.45) is 0 Å². The molecule has 2 aromatic rings. The minimum atomic E-state index is -3.37. The van der Waals surface area contributed by atoms with Gasteiger partial charge in [-0.2, -0.15) is 0 Å². The Balaban J connectivity index is 1.63. The first kappa shape index (κ1) is 26.3. The predicted molar refractivity (Wildman–Crippen MR) is 141 cm³/mol. The summed E-state index contributed by atoms with van der Waals surface area (Å²) < 4.78 is 30.3. The number of carbonyl (C=O) groups excluding carboxylic acids is 1. The van der Waals surface area contributed by atoms with E-state index >= 15 is 0 Å². The van der Waals surface area contributed by atoms with E-state index in [2.05, 4.69) is 22.5 Å². The van der Waals surface area contributed by atoms with Crippen molar-refractivity contribution in [2.75, 3.05) is 63.4 Å². The van der Waals surface area contributed by atoms with Crippen LogP contribution in [0.3, 0.4) is 0 Å². The Morgan fingerprint density at radius 1 is 1.22 bits per heavy atom. The molecule has 0 bridgehead atoms. The third kappa shape index (κ3) is 5.63. The summed E-state index contributed by atoms with van der Waals surface area (Å²) in [5.74, 6) is 1.18. The first-order valence-corrected chi connectivity index (χ1v) is 14.2. The van der Waals surface area contributed by atoms with Gasteiger partial charge in [-0.25, -0.2) is 23.2 Å². The predicted octanol–water partition coefficient (Wildman–Crippen LogP) is 2.48. The summed E-state index contributed by atoms with van der Waals surface area (Å²) in [6.45, 7) is 5.21. The van der Waals surface area contributed by atoms with E-state index in [1.54, 1.807) is 12.1 Å². The molecule has 1 atom stereocenters. The average Bonchev–Trinajstić information content (AvgIpc) is 2.77. The largest absolute Gasteiger partial charge is 0.377 e. The molecule has 196 valence electrons. The van der Waals surface area contributed by atoms with Crippen LogP contribution in [0.4, 0.5) is 16.3 Å². The van der Waals surface area contributed by atoms with Crippen LogP contribution in [0.25, 0.3) is 11.4 Å². The summed E-state index contributed by atoms with van der Waals surface area (Å²) in [7, 11) is 0.530. The number of aromatic nitrogens is 2. The van der Waals surface area contributed by atoms with E-state index in [1.165, 1.54) is 6.26 Å². The SMILES string of the molecule is C[C@H]1COCCN1c1cc(C2(S(C)(=O)=O)CCC2)nc(-c2ccc(NC(=O)NCCN(C)C)cc2)n1. The summed E-state index contributed by atoms with van der Waals surface area (Å²) in [6.07, 6.45) is 3.28. The highest BCUT2D eigenvalue weighted by Crippen LogP contribution is 2.48. The number of hydrogen-bond acceptors (Lipinski definition) is 8. The van der Waals surface area contributed by atoms with E-state index in [4.69, 9.17) is 14.7 Å². The second kappa shape index (κ2) is 10.7. The van der Waals surface area contributed by atoms with E-state index in [9.17, 15) is 13.2 Å². The Morgan fingerprint density at radius 2 is 1.94 bits per heavy atom. The monoisotopic (exact) mass is 516 g/mol. The van der Waals surface area contributed by atoms with Crippen molar-refractivity contribution < 1.29 is 17.9 Å². The van der Waals surface area contributed by atoms with Gasteiger partial charge in [0.1, 0.15) is 10.6 Å². The van der Waals surface area contributed by atoms with Gasteiger partial charge in [0.2, 0.25) is 0 Å². The Bertz CT molecular complexity index is 1180. The fourth-order valence-electron chi connectivity index (χ4n) is 4.60. The highest BCUT2D eigenvalue weighted by Gasteiger charge is 2.49. The normalized spacial score (nSPS) is 19.6. The number of ether oxygens (including phenoxy) is 1. The number of amides is 2. The van der Waals surface area contributed by atoms with Crippen LogP contribution in [0, 0.1) is 0 Å². The molecule has 1 saturated heterocycles. The zero-order valence-electron chi connectivity index (χ0n) is 21.5. The zero-order chi connectivity index (χ0) is 25.9. The van der Waals surface area contributed by atoms with Crippen molar-refractivity contribution in [3.05, 3.63) is 36.0 Å². The molecule has 2 amide bonds. The molecule has 2 heterocycles. The number of likely N-dealkylation sites (N-methyl/N-ethyl adjacent to an activating group) is 1. The first-order chi connectivity index (χ1) is 17.1. The van der Waals surface area contributed by atoms with Gasteiger partial charge in [-0.05, 0) is 64.5 Å². The van der Waals surface area contributed by atoms with Crippen LogP contribution in [-0.2, 0) is 19.3 Å². The van der Waals surface area contributed by atoms with Crippen LogP contribution in [0.15, 0.2) is 30.3 Å². The number of hydrogen-bond donors (Lipinski definition) is 2. The lowest BCUT2D eigenvalue weighted by molar-refractivity contribution is 0.0985. The molecule has 2 fully saturated rings. The van der Waals surface area contributed by atoms with Crippen molar-refractivity contribution in [3.63, 3.8) is 0 Å². The van der Waals surface area contributed by atoms with E-state index < -0.39 is 14.6 Å². The molecule has 36 heavy (non-hydrogen) atoms. The Hall–Kier alpha value is -2.76. The van der Waals surface area contributed by atoms with Gasteiger partial charge in [0.15, 0.2) is 15.7 Å². The van der Waals surface area contributed by atoms with Gasteiger partial charge in [-0.1, -0.05) is 0 Å². The highest BCUT2D eigenvalue weighted by atomic mass is 32.2. The van der Waals surface area contributed by atoms with E-state index in [-0.39, 0.29) is 12.1 Å². The van der Waals surface area contributed by atoms with Crippen molar-refractivity contribution >= 4 is 27.4 Å². The quantitative estimate of drug-likeness (QED) is 0.550. The third-order valence-corrected chi connectivity index (χ3v) is 8.99. The molecule has 0 spiro atoms. The lowest BCUT2D eigenvalue weighted by atomic mass is 9.81. The maximum absolute atomic E-state index is 12.9. The number of carbonyl (C=O) groups is 1. The van der Waals surface area contributed by atoms with Crippen LogP contribution in [0.2, 0.25) is 0 Å². The molecule has 2 N–H and O–H groups in total. The van der Waals surface area contributed by atoms with E-state index in [0.29, 0.717) is 62.2 Å². The molecule has 4 rings (SSSR count). The van der Waals surface area contributed by atoms with Crippen LogP contribution < -0.4 is 15.5 Å². The van der Waals surface area contributed by atoms with Gasteiger partial charge in [-0.3, -0.25) is 0 Å². The standard InChI is InChI=1S/C25H36N6O4S/c1-18-17-35-15-14-31(18)22-16-21(25(10-5-11-25)36(4,33)34)28-23(29-22)19-6-8-20(9-7-19)27-24(32)26-12-13-30(2)3/h6-9,16,18H,5,10-15,17H2,1-4H3,(H2,26,27,32)/t18-/m0/s1. The number of benzene rings is 1. The molecule has 2 aliphatic rings. The maximum atomic E-state index is 12.9. The molecule has 1 saturated carbocycles. The topological polar surface area (TPSA) is 117 Å². The minimum absolute atomic E-state index is 0.113. The molecule has 1 aliphatic carbocycles. The average molecular weight is 517 g/mol. The summed E-state index contributed by atoms with van der Waals surface area (Å²) in [5.41, 5.74) is 1.95. The Kier molecular flexibility index (Phi) is 7.82. The number of rotatable bonds is 8. The molecule has 0 unspecified atom stereocenters. The second-order valence-electron chi connectivity index (χ2n) is 9.93. The van der Waals surface area contributed by atoms with Crippen molar-refractivity contribution in [1.29, 1.82) is 0 Å². The van der Waals surface area contributed by atoms with Gasteiger partial charge >= 0.3 is 6.03 Å². The summed E-state index contributed by atoms with van der Waals surface area (Å²) in [4.78, 5) is 25.9. The van der Waals surface area contributed by atoms with Crippen molar-refractivity contribution in [2.45, 2.75) is 37.0 Å². The molecule has 1 aliphatic heterocycles. The van der Waals surface area contributed by atoms with Crippen molar-refractivity contribution in [3.8, 4) is 11.4 Å². The Labute approximate surface area is 213 Å². The van der Waals surface area contributed by atoms with Gasteiger partial charge in [0.05, 0.1) is 24.9 Å². The maximum Gasteiger partial charge on any atom is 0.319 e. The molecular weight excluding hydrogens is 480 g/mol. The summed E-state index contributed by atoms with van der Waals surface area (Å²) in [6, 6.07) is 8.96. The van der Waals surface area contributed by atoms with Crippen LogP contribution in [-0.4, -0.2) is 88.6 Å². The van der Waals surface area contributed by atoms with Crippen LogP contribution in [0.5, 0.6) is 0 Å². The number of anilines is 2. The molecule has 1 aromatic carbocycles. The zero-order valence-corrected chi connectivity index (χ0v) is 22.3. The summed E-state index contributed by atoms with van der Waals surface area (Å²) >= 11 is 0. The molecule has 0 radical (unpaired) electrons. The van der Waals surface area contributed by atoms with Gasteiger partial charge in [0.25, 0.3) is 0 Å². The van der Waals surface area contributed by atoms with E-state index in [0.717, 1.165) is 18.5 Å². The van der Waals surface area contributed by atoms with Crippen molar-refractivity contribution in [1.82, 2.24) is 20.2 Å². The molecule has 11 heteroatoms. The van der Waals surface area contributed by atoms with E-state index in [1.807, 2.05) is 37.2 Å². The fourth-order valence-corrected chi connectivity index (χ4v) is 6.11. The number of urea groups is 1. The number of morpholine rings is 1. The van der Waals surface area contributed by atoms with Gasteiger partial charge < -0.3 is 25.2 Å². The van der Waals surface area contributed by atoms with Crippen LogP contribution >= 0.6 is 0 Å². The number of nitrogens with one attached hydrogen (secondary N) is 2. The number of nitrogens with zero attached hydrogens (tertiary/aromatic N) is 4. The minimum Gasteiger partial charge on any atom is -0.377 e. The Morgan fingerprint density at radius 3 is 2.53 bits per heavy atom. The second-order valence-corrected chi connectivity index (χ2v) is 12.3. The fraction of sp³-hybridized carbons (Fsp3) is 0.560. The lowest BCUT2D eigenvalue weighted by Gasteiger charge is -2.40. The highest BCUT2D eigenvalue weighted by molar-refractivity contribution is 7.91. The molecule has 10 nitrogen and oxygen atoms in total. The first-order valence-electron chi connectivity index (χ1n) is 12.3. The lowest BCUT2D eigenvalue weighted by Crippen LogP contribution is -2.45. The molecular formula is C25H36N6O4S. The summed E-state index contributed by atoms with van der Waals surface area (Å²) in [5, 5.41) is 5.64. The molecule has 1 aromatic heterocycles. The van der Waals surface area contributed by atoms with Gasteiger partial charge in [-0.15, -0.1) is 0 Å².